The van der Waals surface area contributed by atoms with Gasteiger partial charge in [-0.1, -0.05) is 49.4 Å². The number of sulfone groups is 1. The summed E-state index contributed by atoms with van der Waals surface area (Å²) in [6.45, 7) is 4.62. The van der Waals surface area contributed by atoms with Crippen LogP contribution in [0.1, 0.15) is 18.1 Å². The third kappa shape index (κ3) is 6.30. The average molecular weight is 460 g/mol. The lowest BCUT2D eigenvalue weighted by atomic mass is 10.0. The lowest BCUT2D eigenvalue weighted by molar-refractivity contribution is -0.135. The van der Waals surface area contributed by atoms with E-state index >= 15 is 0 Å². The summed E-state index contributed by atoms with van der Waals surface area (Å²) in [6.07, 6.45) is -0.911. The summed E-state index contributed by atoms with van der Waals surface area (Å²) in [7, 11) is -3.21. The molecule has 0 radical (unpaired) electrons. The monoisotopic (exact) mass is 459 g/mol. The molecule has 0 spiro atoms. The first kappa shape index (κ1) is 23.7. The molecular weight excluding hydrogens is 430 g/mol. The minimum absolute atomic E-state index is 0.0737. The Hall–Kier alpha value is -2.91. The minimum atomic E-state index is -3.21. The Labute approximate surface area is 188 Å². The highest BCUT2D eigenvalue weighted by Gasteiger charge is 2.29. The normalized spacial score (nSPS) is 15.8. The molecule has 0 bridgehead atoms. The Bertz CT molecular complexity index is 1020. The van der Waals surface area contributed by atoms with E-state index in [0.29, 0.717) is 44.0 Å². The zero-order valence-corrected chi connectivity index (χ0v) is 18.9. The van der Waals surface area contributed by atoms with Gasteiger partial charge in [-0.2, -0.15) is 0 Å². The van der Waals surface area contributed by atoms with Gasteiger partial charge in [0.05, 0.1) is 10.6 Å². The van der Waals surface area contributed by atoms with Gasteiger partial charge in [0.15, 0.2) is 9.84 Å². The first-order valence-corrected chi connectivity index (χ1v) is 12.3. The molecule has 1 atom stereocenters. The predicted octanol–water partition coefficient (Wildman–Crippen LogP) is 2.00. The molecule has 2 aromatic rings. The fourth-order valence-electron chi connectivity index (χ4n) is 3.77. The van der Waals surface area contributed by atoms with Crippen LogP contribution in [0.25, 0.3) is 0 Å². The molecule has 32 heavy (non-hydrogen) atoms. The van der Waals surface area contributed by atoms with Gasteiger partial charge in [0.2, 0.25) is 5.91 Å². The van der Waals surface area contributed by atoms with E-state index in [-0.39, 0.29) is 11.7 Å². The van der Waals surface area contributed by atoms with Gasteiger partial charge in [-0.25, -0.2) is 13.2 Å². The maximum Gasteiger partial charge on any atom is 0.405 e. The van der Waals surface area contributed by atoms with Crippen LogP contribution in [0.5, 0.6) is 0 Å². The predicted molar refractivity (Wildman–Crippen MR) is 121 cm³/mol. The number of carbonyl (C=O) groups excluding carboxylic acids is 1. The Morgan fingerprint density at radius 1 is 0.969 bits per heavy atom. The summed E-state index contributed by atoms with van der Waals surface area (Å²) in [6, 6.07) is 15.5. The number of hydrogen-bond acceptors (Lipinski definition) is 5. The highest BCUT2D eigenvalue weighted by molar-refractivity contribution is 7.91. The molecule has 8 nitrogen and oxygen atoms in total. The summed E-state index contributed by atoms with van der Waals surface area (Å²) in [4.78, 5) is 28.4. The molecule has 3 rings (SSSR count). The van der Waals surface area contributed by atoms with E-state index in [1.807, 2.05) is 42.5 Å². The van der Waals surface area contributed by atoms with Gasteiger partial charge in [-0.15, -0.1) is 0 Å². The smallest absolute Gasteiger partial charge is 0.405 e. The summed E-state index contributed by atoms with van der Waals surface area (Å²) in [5.41, 5.74) is 1.90. The van der Waals surface area contributed by atoms with Crippen LogP contribution in [0.3, 0.4) is 0 Å². The molecule has 9 heteroatoms. The van der Waals surface area contributed by atoms with Crippen LogP contribution in [0.15, 0.2) is 59.5 Å². The molecule has 1 saturated heterocycles. The van der Waals surface area contributed by atoms with Crippen LogP contribution in [0.2, 0.25) is 0 Å². The van der Waals surface area contributed by atoms with Crippen molar-refractivity contribution in [2.75, 3.05) is 31.9 Å². The molecule has 1 aliphatic heterocycles. The molecular formula is C23H29N3O5S. The maximum absolute atomic E-state index is 13.0. The van der Waals surface area contributed by atoms with Gasteiger partial charge in [0.1, 0.15) is 6.04 Å². The quantitative estimate of drug-likeness (QED) is 0.625. The molecule has 1 fully saturated rings. The Balaban J connectivity index is 1.56. The number of hydrogen-bond donors (Lipinski definition) is 2. The molecule has 2 N–H and O–H groups in total. The van der Waals surface area contributed by atoms with Crippen molar-refractivity contribution in [1.82, 2.24) is 15.1 Å². The number of piperazine rings is 1. The standard InChI is InChI=1S/C23H29N3O5S/c1-2-32(30,31)20-10-8-19(9-11-20)17-25-12-14-26(15-13-25)22(27)21(24-23(28)29)16-18-6-4-3-5-7-18/h3-11,21,24H,2,12-17H2,1H3,(H,28,29). The first-order chi connectivity index (χ1) is 15.3. The van der Waals surface area contributed by atoms with Crippen LogP contribution >= 0.6 is 0 Å². The van der Waals surface area contributed by atoms with E-state index < -0.39 is 22.0 Å². The topological polar surface area (TPSA) is 107 Å². The van der Waals surface area contributed by atoms with Crippen LogP contribution < -0.4 is 5.32 Å². The number of nitrogens with zero attached hydrogens (tertiary/aromatic N) is 2. The SMILES string of the molecule is CCS(=O)(=O)c1ccc(CN2CCN(C(=O)C(Cc3ccccc3)NC(=O)O)CC2)cc1. The number of nitrogens with one attached hydrogen (secondary N) is 1. The van der Waals surface area contributed by atoms with Crippen LogP contribution in [-0.4, -0.2) is 73.3 Å². The molecule has 0 aromatic heterocycles. The first-order valence-electron chi connectivity index (χ1n) is 10.6. The van der Waals surface area contributed by atoms with Crippen molar-refractivity contribution < 1.29 is 23.1 Å². The third-order valence-corrected chi connectivity index (χ3v) is 7.38. The van der Waals surface area contributed by atoms with Crippen LogP contribution in [-0.2, 0) is 27.6 Å². The maximum atomic E-state index is 13.0. The fourth-order valence-corrected chi connectivity index (χ4v) is 4.66. The van der Waals surface area contributed by atoms with Crippen molar-refractivity contribution in [3.63, 3.8) is 0 Å². The summed E-state index contributed by atoms with van der Waals surface area (Å²) >= 11 is 0. The van der Waals surface area contributed by atoms with E-state index in [2.05, 4.69) is 10.2 Å². The number of rotatable bonds is 8. The molecule has 1 heterocycles. The van der Waals surface area contributed by atoms with E-state index in [0.717, 1.165) is 11.1 Å². The Kier molecular flexibility index (Phi) is 7.87. The lowest BCUT2D eigenvalue weighted by Gasteiger charge is -2.36. The van der Waals surface area contributed by atoms with Gasteiger partial charge in [0, 0.05) is 39.1 Å². The van der Waals surface area contributed by atoms with Crippen molar-refractivity contribution in [2.24, 2.45) is 0 Å². The second-order valence-electron chi connectivity index (χ2n) is 7.84. The second-order valence-corrected chi connectivity index (χ2v) is 10.1. The van der Waals surface area contributed by atoms with Crippen molar-refractivity contribution in [3.8, 4) is 0 Å². The second kappa shape index (κ2) is 10.6. The van der Waals surface area contributed by atoms with E-state index in [9.17, 15) is 23.1 Å². The van der Waals surface area contributed by atoms with Gasteiger partial charge >= 0.3 is 6.09 Å². The highest BCUT2D eigenvalue weighted by Crippen LogP contribution is 2.15. The zero-order chi connectivity index (χ0) is 23.1. The zero-order valence-electron chi connectivity index (χ0n) is 18.1. The molecule has 2 amide bonds. The van der Waals surface area contributed by atoms with Crippen molar-refractivity contribution in [1.29, 1.82) is 0 Å². The number of benzene rings is 2. The van der Waals surface area contributed by atoms with Gasteiger partial charge in [-0.3, -0.25) is 9.69 Å². The molecule has 1 aliphatic rings. The molecule has 1 unspecified atom stereocenters. The van der Waals surface area contributed by atoms with E-state index in [1.165, 1.54) is 0 Å². The third-order valence-electron chi connectivity index (χ3n) is 5.63. The fraction of sp³-hybridized carbons (Fsp3) is 0.391. The van der Waals surface area contributed by atoms with Crippen molar-refractivity contribution >= 4 is 21.8 Å². The van der Waals surface area contributed by atoms with Gasteiger partial charge < -0.3 is 15.3 Å². The Morgan fingerprint density at radius 2 is 1.59 bits per heavy atom. The van der Waals surface area contributed by atoms with E-state index in [1.54, 1.807) is 24.0 Å². The minimum Gasteiger partial charge on any atom is -0.465 e. The molecule has 2 aromatic carbocycles. The average Bonchev–Trinajstić information content (AvgIpc) is 2.79. The highest BCUT2D eigenvalue weighted by atomic mass is 32.2. The van der Waals surface area contributed by atoms with Crippen LogP contribution in [0, 0.1) is 0 Å². The Morgan fingerprint density at radius 3 is 2.16 bits per heavy atom. The number of carbonyl (C=O) groups is 2. The van der Waals surface area contributed by atoms with Crippen molar-refractivity contribution in [3.05, 3.63) is 65.7 Å². The summed E-state index contributed by atoms with van der Waals surface area (Å²) < 4.78 is 23.9. The summed E-state index contributed by atoms with van der Waals surface area (Å²) in [5.74, 6) is -0.144. The van der Waals surface area contributed by atoms with Gasteiger partial charge in [0.25, 0.3) is 0 Å². The molecule has 0 aliphatic carbocycles. The summed E-state index contributed by atoms with van der Waals surface area (Å²) in [5, 5.41) is 11.5. The number of amides is 2. The van der Waals surface area contributed by atoms with E-state index in [4.69, 9.17) is 0 Å². The number of carboxylic acid groups (broad SMARTS) is 1. The van der Waals surface area contributed by atoms with Crippen molar-refractivity contribution in [2.45, 2.75) is 30.8 Å². The van der Waals surface area contributed by atoms with Crippen LogP contribution in [0.4, 0.5) is 4.79 Å². The van der Waals surface area contributed by atoms with Gasteiger partial charge in [-0.05, 0) is 23.3 Å². The molecule has 0 saturated carbocycles. The molecule has 172 valence electrons. The lowest BCUT2D eigenvalue weighted by Crippen LogP contribution is -2.55. The largest absolute Gasteiger partial charge is 0.465 e.